The number of aliphatic hydroxyl groups is 27. The minimum Gasteiger partial charge on any atom is -0.394 e. The first-order valence-corrected chi connectivity index (χ1v) is 33.7. The van der Waals surface area contributed by atoms with Crippen molar-refractivity contribution in [2.75, 3.05) is 59.5 Å². The molecule has 0 unspecified atom stereocenters. The molecule has 0 spiro atoms. The highest BCUT2D eigenvalue weighted by atomic mass is 16.8. The van der Waals surface area contributed by atoms with Crippen molar-refractivity contribution in [2.45, 2.75) is 290 Å². The molecule has 48 heteroatoms. The van der Waals surface area contributed by atoms with Crippen LogP contribution < -0.4 is 10.6 Å². The fourth-order valence-corrected chi connectivity index (χ4v) is 13.5. The van der Waals surface area contributed by atoms with E-state index in [0.717, 1.165) is 13.8 Å². The zero-order valence-electron chi connectivity index (χ0n) is 56.2. The van der Waals surface area contributed by atoms with Gasteiger partial charge in [-0.15, -0.1) is 0 Å². The van der Waals surface area contributed by atoms with E-state index in [0.29, 0.717) is 0 Å². The van der Waals surface area contributed by atoms with Gasteiger partial charge >= 0.3 is 0 Å². The van der Waals surface area contributed by atoms with Crippen molar-refractivity contribution >= 4 is 11.8 Å². The molecular formula is C58H98N2O46. The Morgan fingerprint density at radius 1 is 0.245 bits per heavy atom. The highest BCUT2D eigenvalue weighted by Crippen LogP contribution is 2.39. The van der Waals surface area contributed by atoms with Crippen LogP contribution in [-0.2, 0) is 90.1 Å². The van der Waals surface area contributed by atoms with E-state index in [1.807, 2.05) is 0 Å². The number of hydrogen-bond acceptors (Lipinski definition) is 46. The van der Waals surface area contributed by atoms with Gasteiger partial charge in [0.25, 0.3) is 0 Å². The second-order valence-electron chi connectivity index (χ2n) is 26.7. The van der Waals surface area contributed by atoms with Crippen molar-refractivity contribution in [1.29, 1.82) is 0 Å². The summed E-state index contributed by atoms with van der Waals surface area (Å²) in [5, 5.41) is 301. The van der Waals surface area contributed by atoms with E-state index in [4.69, 9.17) is 80.5 Å². The van der Waals surface area contributed by atoms with E-state index >= 15 is 0 Å². The quantitative estimate of drug-likeness (QED) is 0.0363. The van der Waals surface area contributed by atoms with Crippen molar-refractivity contribution < 1.29 is 228 Å². The average molecular weight is 1560 g/mol. The van der Waals surface area contributed by atoms with Gasteiger partial charge in [0.2, 0.25) is 11.8 Å². The molecule has 29 N–H and O–H groups in total. The number of hydrogen-bond donors (Lipinski definition) is 29. The van der Waals surface area contributed by atoms with Gasteiger partial charge < -0.3 is 229 Å². The van der Waals surface area contributed by atoms with E-state index < -0.39 is 348 Å². The highest BCUT2D eigenvalue weighted by Gasteiger charge is 2.60. The van der Waals surface area contributed by atoms with Crippen molar-refractivity contribution in [3.05, 3.63) is 0 Å². The van der Waals surface area contributed by atoms with Crippen LogP contribution in [0.15, 0.2) is 0 Å². The molecule has 9 aliphatic heterocycles. The SMILES string of the molecule is CC(=O)N[C@@H]1[C@@H](O)[C@H](O[C@@H]2O[C@H](CO)[C@@H](O[C@@H]3O[C@H](CO[C@@H]4O[C@H](CO[C@@H]5O[C@H](CO)[C@@H](O)[C@H](O)[C@@H]5O)[C@@H](O)[C@H](O[C@@H]5O[C@H](CO)[C@@H](O)[C@H](O)[C@@H]5O[C@H]5O[C@H](CO)[C@@H](O)[C@H](O)[C@@H]5O)[C@@H]4O)[C@@H](O)[C@H](O[C@H]4O[C@H](CO)[C@@H](O)[C@H](O)[C@@H]4O[C@@H]4O[C@H](CO)[C@@H](O)[C@H](O)[C@H]4O)[C@@H]3O)[C@H](O)[C@H]2NC(C)=O)[C@@H](CO)O[C@H]1O. The molecule has 9 heterocycles. The van der Waals surface area contributed by atoms with Crippen molar-refractivity contribution in [1.82, 2.24) is 10.6 Å². The Balaban J connectivity index is 1.06. The number of nitrogens with one attached hydrogen (secondary N) is 2. The molecule has 0 saturated carbocycles. The molecule has 45 atom stereocenters. The molecule has 2 amide bonds. The maximum absolute atomic E-state index is 12.9. The molecule has 106 heavy (non-hydrogen) atoms. The van der Waals surface area contributed by atoms with Crippen LogP contribution in [-0.4, -0.2) is 485 Å². The fourth-order valence-electron chi connectivity index (χ4n) is 13.5. The first-order valence-electron chi connectivity index (χ1n) is 33.7. The Hall–Kier alpha value is -2.82. The van der Waals surface area contributed by atoms with Gasteiger partial charge in [-0.3, -0.25) is 9.59 Å². The molecule has 0 aromatic rings. The van der Waals surface area contributed by atoms with Crippen LogP contribution in [0.25, 0.3) is 0 Å². The summed E-state index contributed by atoms with van der Waals surface area (Å²) in [7, 11) is 0. The van der Waals surface area contributed by atoms with Crippen LogP contribution in [0.1, 0.15) is 13.8 Å². The lowest BCUT2D eigenvalue weighted by Crippen LogP contribution is -2.70. The number of aliphatic hydroxyl groups excluding tert-OH is 27. The summed E-state index contributed by atoms with van der Waals surface area (Å²) in [5.41, 5.74) is 0. The normalized spacial score (nSPS) is 51.2. The van der Waals surface area contributed by atoms with E-state index in [9.17, 15) is 147 Å². The summed E-state index contributed by atoms with van der Waals surface area (Å²) in [6.45, 7) is -7.77. The predicted molar refractivity (Wildman–Crippen MR) is 320 cm³/mol. The standard InChI is InChI=1S/C58H98N2O46/c1-12(68)59-23-32(77)44(19(8-66)92-50(23)89)101-51-24(60-13(2)69)33(78)45(20(9-67)98-51)102-56-43(88)47(104-58-49(38(83)29(74)18(7-65)97-58)106-55-41(86)36(81)27(72)16(5-63)95-55)31(76)22(100-56)11-91-53-42(87)46(30(75)21(99-53)10-90-52-39(84)34(79)25(70)14(3-61)93-52)103-57-48(37(82)28(73)17(6-64)96-57)105-54-40(85)35(80)26(71)15(4-62)94-54/h14-58,61-67,70-89H,3-11H2,1-2H3,(H,59,68)(H,60,69)/t14-,15-,16-,17-,18-,19-,20-,21-,22-,23-,24-,25-,26-,27-,28-,29-,30-,31-,32-,33-,34+,35+,36+,37+,38+,39+,40+,41-,42+,43+,44-,45-,46+,47+,48+,49+,50-,51+,52-,53-,54-,55+,56+,57+,58-/m1/s1. The molecule has 0 aromatic heterocycles. The van der Waals surface area contributed by atoms with Crippen LogP contribution in [0.3, 0.4) is 0 Å². The highest BCUT2D eigenvalue weighted by molar-refractivity contribution is 5.73. The molecule has 0 aromatic carbocycles. The lowest BCUT2D eigenvalue weighted by molar-refractivity contribution is -0.401. The van der Waals surface area contributed by atoms with E-state index in [2.05, 4.69) is 10.6 Å². The van der Waals surface area contributed by atoms with Crippen LogP contribution in [0, 0.1) is 0 Å². The second-order valence-corrected chi connectivity index (χ2v) is 26.7. The number of carbonyl (C=O) groups is 2. The molecule has 9 rings (SSSR count). The van der Waals surface area contributed by atoms with Gasteiger partial charge in [0.15, 0.2) is 56.6 Å². The van der Waals surface area contributed by atoms with Crippen LogP contribution in [0.5, 0.6) is 0 Å². The van der Waals surface area contributed by atoms with E-state index in [1.165, 1.54) is 0 Å². The Labute approximate surface area is 598 Å². The number of ether oxygens (including phenoxy) is 17. The van der Waals surface area contributed by atoms with Crippen LogP contribution in [0.4, 0.5) is 0 Å². The van der Waals surface area contributed by atoms with Crippen LogP contribution in [0.2, 0.25) is 0 Å². The van der Waals surface area contributed by atoms with Gasteiger partial charge in [0.1, 0.15) is 220 Å². The molecule has 616 valence electrons. The third-order valence-electron chi connectivity index (χ3n) is 19.5. The van der Waals surface area contributed by atoms with E-state index in [-0.39, 0.29) is 0 Å². The molecule has 48 nitrogen and oxygen atoms in total. The fraction of sp³-hybridized carbons (Fsp3) is 0.966. The second kappa shape index (κ2) is 37.9. The monoisotopic (exact) mass is 1560 g/mol. The first kappa shape index (κ1) is 87.2. The summed E-state index contributed by atoms with van der Waals surface area (Å²) in [5.74, 6) is -1.72. The number of carbonyl (C=O) groups excluding carboxylic acids is 2. The Kier molecular flexibility index (Phi) is 31.1. The lowest BCUT2D eigenvalue weighted by Gasteiger charge is -2.51. The molecule has 0 aliphatic carbocycles. The summed E-state index contributed by atoms with van der Waals surface area (Å²) in [6.07, 6.45) is -90.8. The Morgan fingerprint density at radius 3 is 0.906 bits per heavy atom. The third-order valence-corrected chi connectivity index (χ3v) is 19.5. The van der Waals surface area contributed by atoms with Crippen LogP contribution >= 0.6 is 0 Å². The number of rotatable bonds is 27. The molecule has 9 aliphatic rings. The van der Waals surface area contributed by atoms with Crippen molar-refractivity contribution in [3.8, 4) is 0 Å². The van der Waals surface area contributed by atoms with Crippen molar-refractivity contribution in [3.63, 3.8) is 0 Å². The number of amides is 2. The van der Waals surface area contributed by atoms with Gasteiger partial charge in [-0.25, -0.2) is 0 Å². The summed E-state index contributed by atoms with van der Waals surface area (Å²) in [6, 6.07) is -3.56. The molecule has 0 radical (unpaired) electrons. The molecular weight excluding hydrogens is 1460 g/mol. The predicted octanol–water partition coefficient (Wildman–Crippen LogP) is -20.3. The maximum Gasteiger partial charge on any atom is 0.217 e. The smallest absolute Gasteiger partial charge is 0.217 e. The summed E-state index contributed by atoms with van der Waals surface area (Å²) >= 11 is 0. The summed E-state index contributed by atoms with van der Waals surface area (Å²) in [4.78, 5) is 25.0. The van der Waals surface area contributed by atoms with Gasteiger partial charge in [0.05, 0.1) is 59.5 Å². The zero-order chi connectivity index (χ0) is 77.9. The largest absolute Gasteiger partial charge is 0.394 e. The molecule has 9 saturated heterocycles. The van der Waals surface area contributed by atoms with Gasteiger partial charge in [0, 0.05) is 13.8 Å². The lowest BCUT2D eigenvalue weighted by atomic mass is 9.94. The van der Waals surface area contributed by atoms with Gasteiger partial charge in [-0.1, -0.05) is 0 Å². The minimum absolute atomic E-state index is 0.785. The molecule has 0 bridgehead atoms. The molecule has 9 fully saturated rings. The average Bonchev–Trinajstić information content (AvgIpc) is 0.763. The Bertz CT molecular complexity index is 2710. The first-order chi connectivity index (χ1) is 50.2. The van der Waals surface area contributed by atoms with Gasteiger partial charge in [-0.05, 0) is 0 Å². The van der Waals surface area contributed by atoms with Crippen molar-refractivity contribution in [2.24, 2.45) is 0 Å². The third kappa shape index (κ3) is 18.7. The van der Waals surface area contributed by atoms with Gasteiger partial charge in [-0.2, -0.15) is 0 Å². The summed E-state index contributed by atoms with van der Waals surface area (Å²) < 4.78 is 98.9. The zero-order valence-corrected chi connectivity index (χ0v) is 56.2. The maximum atomic E-state index is 12.9. The Morgan fingerprint density at radius 2 is 0.509 bits per heavy atom. The topological polar surface area (TPSA) is 761 Å². The minimum atomic E-state index is -2.55. The van der Waals surface area contributed by atoms with E-state index in [1.54, 1.807) is 0 Å².